The summed E-state index contributed by atoms with van der Waals surface area (Å²) < 4.78 is 7.50. The van der Waals surface area contributed by atoms with Crippen LogP contribution in [0.1, 0.15) is 19.8 Å². The Hall–Kier alpha value is -3.03. The van der Waals surface area contributed by atoms with E-state index < -0.39 is 0 Å². The molecule has 1 atom stereocenters. The van der Waals surface area contributed by atoms with Crippen molar-refractivity contribution in [3.63, 3.8) is 0 Å². The number of hydrogen-bond acceptors (Lipinski definition) is 4. The molecule has 0 aliphatic carbocycles. The quantitative estimate of drug-likeness (QED) is 0.744. The average molecular weight is 371 g/mol. The van der Waals surface area contributed by atoms with E-state index >= 15 is 0 Å². The molecule has 144 valence electrons. The molecule has 2 heterocycles. The molecule has 1 fully saturated rings. The first-order valence-electron chi connectivity index (χ1n) is 9.16. The van der Waals surface area contributed by atoms with E-state index in [0.29, 0.717) is 37.6 Å². The van der Waals surface area contributed by atoms with E-state index in [2.05, 4.69) is 15.7 Å². The Morgan fingerprint density at radius 2 is 2.26 bits per heavy atom. The monoisotopic (exact) mass is 371 g/mol. The first-order valence-corrected chi connectivity index (χ1v) is 9.16. The molecule has 1 aliphatic rings. The number of amides is 3. The number of benzene rings is 1. The number of nitrogens with zero attached hydrogens (tertiary/aromatic N) is 3. The first-order chi connectivity index (χ1) is 13.1. The number of carbonyl (C=O) groups is 2. The predicted molar refractivity (Wildman–Crippen MR) is 102 cm³/mol. The van der Waals surface area contributed by atoms with E-state index in [-0.39, 0.29) is 18.0 Å². The van der Waals surface area contributed by atoms with E-state index in [4.69, 9.17) is 4.74 Å². The van der Waals surface area contributed by atoms with Crippen LogP contribution in [0.2, 0.25) is 0 Å². The Morgan fingerprint density at radius 1 is 1.37 bits per heavy atom. The van der Waals surface area contributed by atoms with Gasteiger partial charge in [-0.05, 0) is 31.5 Å². The SMILES string of the molecule is C[C@H](CN1CCCC1=O)NC(=O)Nc1cccc(OCCn2cccn2)c1. The fraction of sp³-hybridized carbons (Fsp3) is 0.421. The lowest BCUT2D eigenvalue weighted by Crippen LogP contribution is -2.44. The second kappa shape index (κ2) is 9.07. The van der Waals surface area contributed by atoms with Crippen molar-refractivity contribution in [2.75, 3.05) is 25.0 Å². The number of rotatable bonds is 8. The number of carbonyl (C=O) groups excluding carboxylic acids is 2. The van der Waals surface area contributed by atoms with Gasteiger partial charge in [0.25, 0.3) is 0 Å². The lowest BCUT2D eigenvalue weighted by molar-refractivity contribution is -0.127. The standard InChI is InChI=1S/C19H25N5O3/c1-15(14-23-9-3-7-18(23)25)21-19(26)22-16-5-2-6-17(13-16)27-12-11-24-10-4-8-20-24/h2,4-6,8,10,13,15H,3,7,9,11-12,14H2,1H3,(H2,21,22,26)/t15-/m1/s1. The summed E-state index contributed by atoms with van der Waals surface area (Å²) in [6.45, 7) is 4.32. The number of urea groups is 1. The molecule has 0 radical (unpaired) electrons. The zero-order valence-corrected chi connectivity index (χ0v) is 15.4. The lowest BCUT2D eigenvalue weighted by atomic mass is 10.3. The fourth-order valence-corrected chi connectivity index (χ4v) is 3.02. The van der Waals surface area contributed by atoms with Gasteiger partial charge in [-0.2, -0.15) is 5.10 Å². The minimum Gasteiger partial charge on any atom is -0.492 e. The molecule has 0 unspecified atom stereocenters. The Morgan fingerprint density at radius 3 is 3.00 bits per heavy atom. The van der Waals surface area contributed by atoms with Crippen LogP contribution in [0.3, 0.4) is 0 Å². The molecule has 0 bridgehead atoms. The Labute approximate surface area is 158 Å². The highest BCUT2D eigenvalue weighted by molar-refractivity contribution is 5.89. The van der Waals surface area contributed by atoms with E-state index in [1.165, 1.54) is 0 Å². The molecule has 27 heavy (non-hydrogen) atoms. The van der Waals surface area contributed by atoms with Crippen molar-refractivity contribution in [3.8, 4) is 5.75 Å². The highest BCUT2D eigenvalue weighted by Crippen LogP contribution is 2.17. The van der Waals surface area contributed by atoms with Crippen molar-refractivity contribution in [3.05, 3.63) is 42.7 Å². The summed E-state index contributed by atoms with van der Waals surface area (Å²) in [6, 6.07) is 8.68. The molecule has 0 spiro atoms. The minimum atomic E-state index is -0.303. The van der Waals surface area contributed by atoms with Crippen LogP contribution >= 0.6 is 0 Å². The maximum absolute atomic E-state index is 12.2. The van der Waals surface area contributed by atoms with E-state index in [1.54, 1.807) is 27.9 Å². The first kappa shape index (κ1) is 18.8. The predicted octanol–water partition coefficient (Wildman–Crippen LogP) is 2.09. The van der Waals surface area contributed by atoms with Crippen molar-refractivity contribution in [1.29, 1.82) is 0 Å². The summed E-state index contributed by atoms with van der Waals surface area (Å²) in [5.41, 5.74) is 0.647. The molecular formula is C19H25N5O3. The highest BCUT2D eigenvalue weighted by Gasteiger charge is 2.22. The largest absolute Gasteiger partial charge is 0.492 e. The number of likely N-dealkylation sites (tertiary alicyclic amines) is 1. The molecule has 1 aliphatic heterocycles. The van der Waals surface area contributed by atoms with Gasteiger partial charge in [0.2, 0.25) is 5.91 Å². The fourth-order valence-electron chi connectivity index (χ4n) is 3.02. The molecule has 0 saturated carbocycles. The summed E-state index contributed by atoms with van der Waals surface area (Å²) in [7, 11) is 0. The molecule has 1 aromatic heterocycles. The van der Waals surface area contributed by atoms with Crippen molar-refractivity contribution in [2.45, 2.75) is 32.4 Å². The Bertz CT molecular complexity index is 762. The normalized spacial score (nSPS) is 14.9. The molecule has 1 aromatic carbocycles. The number of ether oxygens (including phenoxy) is 1. The van der Waals surface area contributed by atoms with Crippen LogP contribution < -0.4 is 15.4 Å². The number of anilines is 1. The zero-order chi connectivity index (χ0) is 19.1. The van der Waals surface area contributed by atoms with Crippen LogP contribution in [-0.2, 0) is 11.3 Å². The van der Waals surface area contributed by atoms with E-state index in [9.17, 15) is 9.59 Å². The van der Waals surface area contributed by atoms with Gasteiger partial charge in [0.1, 0.15) is 12.4 Å². The zero-order valence-electron chi connectivity index (χ0n) is 15.4. The summed E-state index contributed by atoms with van der Waals surface area (Å²) in [5, 5.41) is 9.78. The summed E-state index contributed by atoms with van der Waals surface area (Å²) >= 11 is 0. The summed E-state index contributed by atoms with van der Waals surface area (Å²) in [5.74, 6) is 0.833. The number of hydrogen-bond donors (Lipinski definition) is 2. The van der Waals surface area contributed by atoms with Crippen molar-refractivity contribution < 1.29 is 14.3 Å². The Kier molecular flexibility index (Phi) is 6.30. The minimum absolute atomic E-state index is 0.124. The van der Waals surface area contributed by atoms with Crippen LogP contribution in [-0.4, -0.2) is 52.4 Å². The maximum atomic E-state index is 12.2. The van der Waals surface area contributed by atoms with Crippen LogP contribution in [0.25, 0.3) is 0 Å². The van der Waals surface area contributed by atoms with Crippen LogP contribution in [0.15, 0.2) is 42.7 Å². The Balaban J connectivity index is 1.43. The van der Waals surface area contributed by atoms with Crippen LogP contribution in [0.4, 0.5) is 10.5 Å². The van der Waals surface area contributed by atoms with Crippen LogP contribution in [0, 0.1) is 0 Å². The summed E-state index contributed by atoms with van der Waals surface area (Å²) in [6.07, 6.45) is 5.10. The molecule has 1 saturated heterocycles. The molecule has 8 nitrogen and oxygen atoms in total. The van der Waals surface area contributed by atoms with E-state index in [1.807, 2.05) is 31.3 Å². The van der Waals surface area contributed by atoms with E-state index in [0.717, 1.165) is 13.0 Å². The third-order valence-electron chi connectivity index (χ3n) is 4.28. The van der Waals surface area contributed by atoms with Gasteiger partial charge in [-0.3, -0.25) is 9.48 Å². The molecular weight excluding hydrogens is 346 g/mol. The van der Waals surface area contributed by atoms with Gasteiger partial charge in [-0.25, -0.2) is 4.79 Å². The molecule has 2 aromatic rings. The van der Waals surface area contributed by atoms with Gasteiger partial charge in [-0.15, -0.1) is 0 Å². The second-order valence-electron chi connectivity index (χ2n) is 6.59. The topological polar surface area (TPSA) is 88.5 Å². The summed E-state index contributed by atoms with van der Waals surface area (Å²) in [4.78, 5) is 25.6. The second-order valence-corrected chi connectivity index (χ2v) is 6.59. The van der Waals surface area contributed by atoms with Crippen molar-refractivity contribution >= 4 is 17.6 Å². The van der Waals surface area contributed by atoms with Gasteiger partial charge >= 0.3 is 6.03 Å². The van der Waals surface area contributed by atoms with Crippen molar-refractivity contribution in [2.24, 2.45) is 0 Å². The van der Waals surface area contributed by atoms with Gasteiger partial charge in [0, 0.05) is 49.7 Å². The van der Waals surface area contributed by atoms with Gasteiger partial charge in [-0.1, -0.05) is 6.07 Å². The average Bonchev–Trinajstić information content (AvgIpc) is 3.27. The molecule has 8 heteroatoms. The highest BCUT2D eigenvalue weighted by atomic mass is 16.5. The van der Waals surface area contributed by atoms with Crippen LogP contribution in [0.5, 0.6) is 5.75 Å². The third-order valence-corrected chi connectivity index (χ3v) is 4.28. The maximum Gasteiger partial charge on any atom is 0.319 e. The smallest absolute Gasteiger partial charge is 0.319 e. The lowest BCUT2D eigenvalue weighted by Gasteiger charge is -2.21. The molecule has 3 amide bonds. The van der Waals surface area contributed by atoms with Crippen molar-refractivity contribution in [1.82, 2.24) is 20.0 Å². The molecule has 3 rings (SSSR count). The number of nitrogens with one attached hydrogen (secondary N) is 2. The van der Waals surface area contributed by atoms with Gasteiger partial charge in [0.15, 0.2) is 0 Å². The number of aromatic nitrogens is 2. The van der Waals surface area contributed by atoms with Gasteiger partial charge < -0.3 is 20.3 Å². The third kappa shape index (κ3) is 5.73. The van der Waals surface area contributed by atoms with Gasteiger partial charge in [0.05, 0.1) is 6.54 Å². The molecule has 2 N–H and O–H groups in total.